The number of thiophene rings is 1. The van der Waals surface area contributed by atoms with Gasteiger partial charge in [0.05, 0.1) is 22.9 Å². The second-order valence-electron chi connectivity index (χ2n) is 5.16. The molecule has 5 nitrogen and oxygen atoms in total. The van der Waals surface area contributed by atoms with Crippen LogP contribution in [0.4, 0.5) is 10.5 Å². The van der Waals surface area contributed by atoms with Gasteiger partial charge in [0.2, 0.25) is 0 Å². The highest BCUT2D eigenvalue weighted by atomic mass is 35.5. The number of urea groups is 1. The molecule has 0 spiro atoms. The molecule has 3 N–H and O–H groups in total. The Morgan fingerprint density at radius 2 is 2.04 bits per heavy atom. The van der Waals surface area contributed by atoms with Gasteiger partial charge in [-0.25, -0.2) is 4.79 Å². The van der Waals surface area contributed by atoms with Crippen LogP contribution in [0.15, 0.2) is 53.1 Å². The lowest BCUT2D eigenvalue weighted by molar-refractivity contribution is 0.193. The summed E-state index contributed by atoms with van der Waals surface area (Å²) >= 11 is 13.1. The van der Waals surface area contributed by atoms with E-state index in [1.165, 1.54) is 17.6 Å². The summed E-state index contributed by atoms with van der Waals surface area (Å²) in [6.45, 7) is 0.336. The number of hydrogen-bond donors (Lipinski definition) is 3. The maximum absolute atomic E-state index is 12.0. The third-order valence-corrected chi connectivity index (χ3v) is 5.24. The van der Waals surface area contributed by atoms with Gasteiger partial charge in [0, 0.05) is 15.4 Å². The molecule has 130 valence electrons. The number of rotatable bonds is 5. The van der Waals surface area contributed by atoms with E-state index in [0.29, 0.717) is 28.0 Å². The fraction of sp³-hybridized carbons (Fsp3) is 0.118. The van der Waals surface area contributed by atoms with Crippen LogP contribution in [-0.2, 0) is 6.54 Å². The zero-order valence-corrected chi connectivity index (χ0v) is 15.2. The summed E-state index contributed by atoms with van der Waals surface area (Å²) in [5, 5.41) is 16.4. The van der Waals surface area contributed by atoms with Crippen molar-refractivity contribution in [1.29, 1.82) is 0 Å². The molecule has 3 rings (SSSR count). The van der Waals surface area contributed by atoms with Gasteiger partial charge in [-0.3, -0.25) is 0 Å². The van der Waals surface area contributed by atoms with Gasteiger partial charge in [0.1, 0.15) is 11.9 Å². The van der Waals surface area contributed by atoms with Gasteiger partial charge in [0.25, 0.3) is 0 Å². The number of halogens is 2. The predicted molar refractivity (Wildman–Crippen MR) is 99.4 cm³/mol. The van der Waals surface area contributed by atoms with E-state index in [2.05, 4.69) is 10.6 Å². The lowest BCUT2D eigenvalue weighted by Gasteiger charge is -2.08. The number of carbonyl (C=O) groups excluding carboxylic acids is 1. The summed E-state index contributed by atoms with van der Waals surface area (Å²) < 4.78 is 5.20. The van der Waals surface area contributed by atoms with Crippen molar-refractivity contribution in [3.8, 4) is 0 Å². The van der Waals surface area contributed by atoms with E-state index in [9.17, 15) is 9.90 Å². The summed E-state index contributed by atoms with van der Waals surface area (Å²) in [4.78, 5) is 13.6. The van der Waals surface area contributed by atoms with Gasteiger partial charge in [-0.15, -0.1) is 11.3 Å². The van der Waals surface area contributed by atoms with Crippen LogP contribution in [0, 0.1) is 0 Å². The van der Waals surface area contributed by atoms with Crippen LogP contribution in [0.5, 0.6) is 0 Å². The first-order valence-electron chi connectivity index (χ1n) is 7.33. The molecular weight excluding hydrogens is 383 g/mol. The SMILES string of the molecule is O=C(NCc1ccc(C(O)c2ccco2)s1)Nc1ccc(Cl)c(Cl)c1. The summed E-state index contributed by atoms with van der Waals surface area (Å²) in [6.07, 6.45) is 0.709. The van der Waals surface area contributed by atoms with E-state index in [4.69, 9.17) is 27.6 Å². The molecule has 1 atom stereocenters. The van der Waals surface area contributed by atoms with Crippen molar-refractivity contribution < 1.29 is 14.3 Å². The number of benzene rings is 1. The van der Waals surface area contributed by atoms with Crippen molar-refractivity contribution in [2.45, 2.75) is 12.6 Å². The Morgan fingerprint density at radius 3 is 2.76 bits per heavy atom. The fourth-order valence-electron chi connectivity index (χ4n) is 2.14. The highest BCUT2D eigenvalue weighted by molar-refractivity contribution is 7.12. The number of carbonyl (C=O) groups is 1. The molecule has 2 amide bonds. The van der Waals surface area contributed by atoms with Crippen LogP contribution in [0.1, 0.15) is 21.6 Å². The van der Waals surface area contributed by atoms with Crippen LogP contribution in [0.2, 0.25) is 10.0 Å². The van der Waals surface area contributed by atoms with Crippen LogP contribution >= 0.6 is 34.5 Å². The van der Waals surface area contributed by atoms with Crippen molar-refractivity contribution >= 4 is 46.3 Å². The number of aliphatic hydroxyl groups excluding tert-OH is 1. The summed E-state index contributed by atoms with van der Waals surface area (Å²) in [6, 6.07) is 11.6. The number of anilines is 1. The average Bonchev–Trinajstić information content (AvgIpc) is 3.27. The largest absolute Gasteiger partial charge is 0.466 e. The Labute approximate surface area is 158 Å². The molecule has 0 saturated carbocycles. The molecule has 0 aliphatic carbocycles. The summed E-state index contributed by atoms with van der Waals surface area (Å²) in [5.74, 6) is 0.485. The minimum absolute atomic E-state index is 0.336. The first kappa shape index (κ1) is 17.8. The van der Waals surface area contributed by atoms with Gasteiger partial charge in [-0.05, 0) is 42.5 Å². The van der Waals surface area contributed by atoms with E-state index >= 15 is 0 Å². The standard InChI is InChI=1S/C17H14Cl2N2O3S/c18-12-5-3-10(8-13(12)19)21-17(23)20-9-11-4-6-15(25-11)16(22)14-2-1-7-24-14/h1-8,16,22H,9H2,(H2,20,21,23). The zero-order valence-electron chi connectivity index (χ0n) is 12.8. The van der Waals surface area contributed by atoms with Crippen LogP contribution in [0.25, 0.3) is 0 Å². The first-order valence-corrected chi connectivity index (χ1v) is 8.90. The molecule has 0 radical (unpaired) electrons. The normalized spacial score (nSPS) is 12.0. The molecule has 0 saturated heterocycles. The molecule has 0 aliphatic heterocycles. The minimum atomic E-state index is -0.807. The highest BCUT2D eigenvalue weighted by Crippen LogP contribution is 2.29. The van der Waals surface area contributed by atoms with Crippen LogP contribution in [0.3, 0.4) is 0 Å². The molecule has 1 unspecified atom stereocenters. The van der Waals surface area contributed by atoms with Gasteiger partial charge in [-0.2, -0.15) is 0 Å². The van der Waals surface area contributed by atoms with Crippen molar-refractivity contribution in [3.63, 3.8) is 0 Å². The van der Waals surface area contributed by atoms with Crippen LogP contribution in [-0.4, -0.2) is 11.1 Å². The van der Waals surface area contributed by atoms with Gasteiger partial charge >= 0.3 is 6.03 Å². The summed E-state index contributed by atoms with van der Waals surface area (Å²) in [7, 11) is 0. The van der Waals surface area contributed by atoms with Crippen molar-refractivity contribution in [3.05, 3.63) is 74.3 Å². The number of furan rings is 1. The lowest BCUT2D eigenvalue weighted by Crippen LogP contribution is -2.27. The van der Waals surface area contributed by atoms with Crippen molar-refractivity contribution in [2.75, 3.05) is 5.32 Å². The Hall–Kier alpha value is -1.99. The monoisotopic (exact) mass is 396 g/mol. The molecule has 2 heterocycles. The zero-order chi connectivity index (χ0) is 17.8. The van der Waals surface area contributed by atoms with E-state index in [1.807, 2.05) is 12.1 Å². The lowest BCUT2D eigenvalue weighted by atomic mass is 10.2. The maximum Gasteiger partial charge on any atom is 0.319 e. The van der Waals surface area contributed by atoms with E-state index in [1.54, 1.807) is 30.3 Å². The van der Waals surface area contributed by atoms with E-state index in [0.717, 1.165) is 9.75 Å². The Kier molecular flexibility index (Phi) is 5.65. The number of hydrogen-bond acceptors (Lipinski definition) is 4. The summed E-state index contributed by atoms with van der Waals surface area (Å²) in [5.41, 5.74) is 0.548. The molecule has 1 aromatic carbocycles. The Balaban J connectivity index is 1.55. The predicted octanol–water partition coefficient (Wildman–Crippen LogP) is 5.05. The van der Waals surface area contributed by atoms with E-state index < -0.39 is 6.10 Å². The molecule has 0 bridgehead atoms. The van der Waals surface area contributed by atoms with Gasteiger partial charge in [0.15, 0.2) is 0 Å². The topological polar surface area (TPSA) is 74.5 Å². The molecule has 0 fully saturated rings. The smallest absolute Gasteiger partial charge is 0.319 e. The highest BCUT2D eigenvalue weighted by Gasteiger charge is 2.15. The number of aliphatic hydroxyl groups is 1. The van der Waals surface area contributed by atoms with Crippen molar-refractivity contribution in [1.82, 2.24) is 5.32 Å². The second-order valence-corrected chi connectivity index (χ2v) is 7.17. The van der Waals surface area contributed by atoms with Crippen LogP contribution < -0.4 is 10.6 Å². The second kappa shape index (κ2) is 7.93. The molecule has 3 aromatic rings. The molecule has 25 heavy (non-hydrogen) atoms. The van der Waals surface area contributed by atoms with Gasteiger partial charge in [-0.1, -0.05) is 23.2 Å². The molecular formula is C17H14Cl2N2O3S. The van der Waals surface area contributed by atoms with Gasteiger partial charge < -0.3 is 20.2 Å². The average molecular weight is 397 g/mol. The van der Waals surface area contributed by atoms with Crippen molar-refractivity contribution in [2.24, 2.45) is 0 Å². The fourth-order valence-corrected chi connectivity index (χ4v) is 3.39. The minimum Gasteiger partial charge on any atom is -0.466 e. The van der Waals surface area contributed by atoms with E-state index in [-0.39, 0.29) is 6.03 Å². The Morgan fingerprint density at radius 1 is 1.20 bits per heavy atom. The first-order chi connectivity index (χ1) is 12.0. The number of amides is 2. The quantitative estimate of drug-likeness (QED) is 0.564. The molecule has 0 aliphatic rings. The third kappa shape index (κ3) is 4.55. The molecule has 8 heteroatoms. The maximum atomic E-state index is 12.0. The Bertz CT molecular complexity index is 865. The molecule has 2 aromatic heterocycles. The number of nitrogens with one attached hydrogen (secondary N) is 2. The third-order valence-electron chi connectivity index (χ3n) is 3.37.